The number of aromatic carboxylic acids is 1. The van der Waals surface area contributed by atoms with Crippen molar-refractivity contribution in [1.29, 1.82) is 0 Å². The fourth-order valence-electron chi connectivity index (χ4n) is 12.1. The SMILES string of the molecule is CC[C@H]1OC(=O)[C@H](C)[C@@H](OC2C[C@@](C)(OC)[C@@H](OC(=O)CCOCCOCCNc3cc4c(=O)c(C(=O)O)cn(C5CC5)c4cc3Cl)[C@H](C)O2)[C@H](C)[C@@H](OC2O[C@H](C)C[C@H](N(C)C)[C@H]2O)[C@](C)(O)C[C@@H](C)/C(=N\O)[C@H](C)[C@@H](O)[C@]1(C)O. The third-order valence-electron chi connectivity index (χ3n) is 16.9. The molecular formula is C57H89ClN4O19. The molecule has 2 unspecified atom stereocenters. The van der Waals surface area contributed by atoms with Crippen LogP contribution < -0.4 is 10.7 Å². The van der Waals surface area contributed by atoms with E-state index in [1.54, 1.807) is 65.2 Å². The quantitative estimate of drug-likeness (QED) is 0.0391. The number of oxime groups is 1. The summed E-state index contributed by atoms with van der Waals surface area (Å²) in [5, 5.41) is 75.5. The zero-order chi connectivity index (χ0) is 60.1. The van der Waals surface area contributed by atoms with E-state index in [9.17, 15) is 49.9 Å². The first-order valence-corrected chi connectivity index (χ1v) is 28.7. The molecular weight excluding hydrogens is 1080 g/mol. The molecule has 1 aromatic heterocycles. The van der Waals surface area contributed by atoms with E-state index in [0.29, 0.717) is 29.2 Å². The molecule has 1 aliphatic carbocycles. The summed E-state index contributed by atoms with van der Waals surface area (Å²) in [6.07, 6.45) is -7.53. The van der Waals surface area contributed by atoms with Gasteiger partial charge < -0.3 is 88.2 Å². The zero-order valence-electron chi connectivity index (χ0n) is 49.2. The fraction of sp³-hybridized carbons (Fsp3) is 0.772. The molecule has 3 saturated heterocycles. The van der Waals surface area contributed by atoms with Gasteiger partial charge in [-0.05, 0) is 99.9 Å². The van der Waals surface area contributed by atoms with Gasteiger partial charge in [-0.1, -0.05) is 44.5 Å². The first-order chi connectivity index (χ1) is 38.0. The Kier molecular flexibility index (Phi) is 22.6. The van der Waals surface area contributed by atoms with Crippen LogP contribution in [0.15, 0.2) is 28.3 Å². The van der Waals surface area contributed by atoms with E-state index in [4.69, 9.17) is 54.2 Å². The van der Waals surface area contributed by atoms with Crippen LogP contribution in [0.1, 0.15) is 131 Å². The van der Waals surface area contributed by atoms with Gasteiger partial charge in [0.25, 0.3) is 0 Å². The van der Waals surface area contributed by atoms with Crippen LogP contribution >= 0.6 is 11.6 Å². The summed E-state index contributed by atoms with van der Waals surface area (Å²) in [5.41, 5.74) is -4.89. The van der Waals surface area contributed by atoms with Crippen molar-refractivity contribution in [2.75, 3.05) is 59.5 Å². The molecule has 4 heterocycles. The number of methoxy groups -OCH3 is 1. The number of aliphatic hydroxyl groups excluding tert-OH is 2. The van der Waals surface area contributed by atoms with Crippen molar-refractivity contribution in [2.45, 2.75) is 204 Å². The van der Waals surface area contributed by atoms with Crippen molar-refractivity contribution >= 4 is 51.8 Å². The summed E-state index contributed by atoms with van der Waals surface area (Å²) < 4.78 is 57.6. The molecule has 81 heavy (non-hydrogen) atoms. The Balaban J connectivity index is 1.11. The first kappa shape index (κ1) is 66.1. The lowest BCUT2D eigenvalue weighted by atomic mass is 9.73. The van der Waals surface area contributed by atoms with Crippen molar-refractivity contribution < 1.29 is 87.8 Å². The van der Waals surface area contributed by atoms with Gasteiger partial charge in [-0.3, -0.25) is 14.4 Å². The minimum atomic E-state index is -2.04. The van der Waals surface area contributed by atoms with Crippen molar-refractivity contribution in [1.82, 2.24) is 9.47 Å². The van der Waals surface area contributed by atoms with Gasteiger partial charge >= 0.3 is 17.9 Å². The van der Waals surface area contributed by atoms with Crippen LogP contribution in [0.2, 0.25) is 5.02 Å². The number of carboxylic acid groups (broad SMARTS) is 1. The number of carbonyl (C=O) groups is 3. The summed E-state index contributed by atoms with van der Waals surface area (Å²) in [4.78, 5) is 54.7. The number of aliphatic hydroxyl groups is 4. The van der Waals surface area contributed by atoms with Crippen LogP contribution in [-0.2, 0) is 52.2 Å². The molecule has 18 atom stereocenters. The number of esters is 2. The van der Waals surface area contributed by atoms with Gasteiger partial charge in [0.1, 0.15) is 29.0 Å². The number of aromatic nitrogens is 1. The average Bonchev–Trinajstić information content (AvgIpc) is 4.27. The Morgan fingerprint density at radius 2 is 1.59 bits per heavy atom. The Bertz CT molecular complexity index is 2560. The second kappa shape index (κ2) is 27.8. The minimum absolute atomic E-state index is 0.0126. The van der Waals surface area contributed by atoms with Crippen molar-refractivity contribution in [3.8, 4) is 0 Å². The third kappa shape index (κ3) is 15.4. The molecule has 0 radical (unpaired) electrons. The second-order valence-corrected chi connectivity index (χ2v) is 24.0. The molecule has 2 aromatic rings. The van der Waals surface area contributed by atoms with Crippen LogP contribution in [0.25, 0.3) is 10.9 Å². The lowest BCUT2D eigenvalue weighted by Gasteiger charge is -2.49. The molecule has 3 aliphatic heterocycles. The Labute approximate surface area is 479 Å². The molecule has 1 aromatic carbocycles. The number of benzene rings is 1. The Hall–Kier alpha value is -4.08. The molecule has 6 rings (SSSR count). The van der Waals surface area contributed by atoms with Gasteiger partial charge in [-0.2, -0.15) is 0 Å². The summed E-state index contributed by atoms with van der Waals surface area (Å²) in [6, 6.07) is 2.97. The first-order valence-electron chi connectivity index (χ1n) is 28.3. The molecule has 458 valence electrons. The van der Waals surface area contributed by atoms with Crippen molar-refractivity contribution in [2.24, 2.45) is 28.8 Å². The largest absolute Gasteiger partial charge is 0.477 e. The lowest BCUT2D eigenvalue weighted by Crippen LogP contribution is -2.61. The van der Waals surface area contributed by atoms with Gasteiger partial charge in [0.15, 0.2) is 18.7 Å². The number of nitrogens with zero attached hydrogens (tertiary/aromatic N) is 3. The maximum atomic E-state index is 14.5. The average molecular weight is 1170 g/mol. The number of halogens is 1. The van der Waals surface area contributed by atoms with E-state index in [-0.39, 0.29) is 87.0 Å². The monoisotopic (exact) mass is 1170 g/mol. The van der Waals surface area contributed by atoms with E-state index in [0.717, 1.165) is 12.8 Å². The molecule has 0 bridgehead atoms. The molecule has 23 nitrogen and oxygen atoms in total. The van der Waals surface area contributed by atoms with Crippen molar-refractivity contribution in [3.05, 3.63) is 39.1 Å². The predicted octanol–water partition coefficient (Wildman–Crippen LogP) is 5.13. The molecule has 24 heteroatoms. The number of nitrogens with one attached hydrogen (secondary N) is 1. The number of rotatable bonds is 20. The van der Waals surface area contributed by atoms with Gasteiger partial charge in [0, 0.05) is 61.5 Å². The number of carbonyl (C=O) groups excluding carboxylic acids is 2. The zero-order valence-corrected chi connectivity index (χ0v) is 49.9. The molecule has 1 saturated carbocycles. The molecule has 4 fully saturated rings. The highest BCUT2D eigenvalue weighted by Gasteiger charge is 2.54. The van der Waals surface area contributed by atoms with Gasteiger partial charge in [-0.25, -0.2) is 4.79 Å². The number of carboxylic acids is 1. The molecule has 7 N–H and O–H groups in total. The summed E-state index contributed by atoms with van der Waals surface area (Å²) in [5.74, 6) is -6.50. The minimum Gasteiger partial charge on any atom is -0.477 e. The van der Waals surface area contributed by atoms with E-state index in [2.05, 4.69) is 10.5 Å². The predicted molar refractivity (Wildman–Crippen MR) is 298 cm³/mol. The number of hydrogen-bond donors (Lipinski definition) is 7. The maximum Gasteiger partial charge on any atom is 0.341 e. The third-order valence-corrected chi connectivity index (χ3v) is 17.2. The van der Waals surface area contributed by atoms with E-state index in [1.807, 2.05) is 25.9 Å². The molecule has 0 amide bonds. The second-order valence-electron chi connectivity index (χ2n) is 23.6. The number of likely N-dealkylation sites (N-methyl/N-ethyl adjacent to an activating group) is 1. The smallest absolute Gasteiger partial charge is 0.341 e. The lowest BCUT2D eigenvalue weighted by molar-refractivity contribution is -0.318. The topological polar surface area (TPSA) is 305 Å². The summed E-state index contributed by atoms with van der Waals surface area (Å²) in [7, 11) is 5.13. The number of pyridine rings is 1. The molecule has 4 aliphatic rings. The number of ether oxygens (including phenoxy) is 9. The van der Waals surface area contributed by atoms with Gasteiger partial charge in [0.2, 0.25) is 5.43 Å². The van der Waals surface area contributed by atoms with Crippen LogP contribution in [0.4, 0.5) is 5.69 Å². The number of cyclic esters (lactones) is 1. The van der Waals surface area contributed by atoms with E-state index in [1.165, 1.54) is 27.2 Å². The maximum absolute atomic E-state index is 14.5. The standard InChI is InChI=1S/C57H89ClN4O19/c1-14-42-57(10,71)49(66)31(4)45(60-72)29(2)26-55(8,70)50(81-54-47(65)41(61(11)12)23-30(3)76-54)32(5)48(33(6)53(69)78-42)80-44-27-56(9,73-13)51(34(7)77-44)79-43(63)17-19-74-21-22-75-20-18-59-39-24-36-40(25-38(39)58)62(35-15-16-35)28-37(46(36)64)52(67)68/h24-25,28-35,41-42,44,47-51,54,59,65-66,70-72H,14-23,26-27H2,1-13H3,(H,67,68)/b60-45+/t29-,30-,31+,32+,33-,34+,41+,42-,44?,47-,48+,49-,50-,51+,54?,55-,56-,57-/m1/s1. The number of fused-ring (bicyclic) bond motifs is 1. The summed E-state index contributed by atoms with van der Waals surface area (Å²) in [6.45, 7) is 17.4. The Morgan fingerprint density at radius 1 is 0.926 bits per heavy atom. The van der Waals surface area contributed by atoms with Crippen LogP contribution in [-0.4, -0.2) is 202 Å². The van der Waals surface area contributed by atoms with Gasteiger partial charge in [0.05, 0.1) is 96.8 Å². The highest BCUT2D eigenvalue weighted by atomic mass is 35.5. The highest BCUT2D eigenvalue weighted by Crippen LogP contribution is 2.43. The Morgan fingerprint density at radius 3 is 2.20 bits per heavy atom. The van der Waals surface area contributed by atoms with Crippen molar-refractivity contribution in [3.63, 3.8) is 0 Å². The van der Waals surface area contributed by atoms with E-state index < -0.39 is 119 Å². The van der Waals surface area contributed by atoms with Crippen LogP contribution in [0.5, 0.6) is 0 Å². The molecule has 0 spiro atoms. The van der Waals surface area contributed by atoms with E-state index >= 15 is 0 Å². The fourth-order valence-corrected chi connectivity index (χ4v) is 12.3. The normalized spacial score (nSPS) is 37.0. The number of anilines is 1. The number of hydrogen-bond acceptors (Lipinski definition) is 21. The highest BCUT2D eigenvalue weighted by molar-refractivity contribution is 6.34. The summed E-state index contributed by atoms with van der Waals surface area (Å²) >= 11 is 6.58. The van der Waals surface area contributed by atoms with Crippen LogP contribution in [0.3, 0.4) is 0 Å². The van der Waals surface area contributed by atoms with Crippen LogP contribution in [0, 0.1) is 23.7 Å². The van der Waals surface area contributed by atoms with Gasteiger partial charge in [-0.15, -0.1) is 0 Å².